The molecule has 1 rings (SSSR count). The molecule has 0 saturated carbocycles. The second-order valence-electron chi connectivity index (χ2n) is 3.64. The van der Waals surface area contributed by atoms with Gasteiger partial charge in [-0.3, -0.25) is 0 Å². The average molecular weight is 236 g/mol. The Balaban J connectivity index is 3.25. The fraction of sp³-hybridized carbons (Fsp3) is 0.308. The molecule has 0 spiro atoms. The maximum atomic E-state index is 10.8. The van der Waals surface area contributed by atoms with E-state index in [-0.39, 0.29) is 6.61 Å². The Kier molecular flexibility index (Phi) is 4.72. The van der Waals surface area contributed by atoms with Gasteiger partial charge in [0.1, 0.15) is 5.75 Å². The van der Waals surface area contributed by atoms with E-state index >= 15 is 0 Å². The summed E-state index contributed by atoms with van der Waals surface area (Å²) >= 11 is 0. The van der Waals surface area contributed by atoms with Crippen LogP contribution in [0.15, 0.2) is 24.3 Å². The quantitative estimate of drug-likeness (QED) is 0.795. The third-order valence-electron chi connectivity index (χ3n) is 2.30. The molecule has 17 heavy (non-hydrogen) atoms. The van der Waals surface area contributed by atoms with Gasteiger partial charge < -0.3 is 14.6 Å². The lowest BCUT2D eigenvalue weighted by atomic mass is 10.0. The molecule has 0 saturated heterocycles. The Labute approximate surface area is 100 Å². The van der Waals surface area contributed by atoms with Gasteiger partial charge in [0.2, 0.25) is 0 Å². The summed E-state index contributed by atoms with van der Waals surface area (Å²) in [5.74, 6) is -0.360. The van der Waals surface area contributed by atoms with Crippen molar-refractivity contribution in [2.24, 2.45) is 0 Å². The highest BCUT2D eigenvalue weighted by Gasteiger charge is 2.10. The minimum atomic E-state index is -0.999. The van der Waals surface area contributed by atoms with Crippen LogP contribution in [-0.4, -0.2) is 31.9 Å². The van der Waals surface area contributed by atoms with Crippen LogP contribution in [0.2, 0.25) is 0 Å². The molecule has 1 aromatic rings. The number of hydrogen-bond donors (Lipinski definition) is 1. The summed E-state index contributed by atoms with van der Waals surface area (Å²) in [4.78, 5) is 10.8. The molecule has 0 bridgehead atoms. The van der Waals surface area contributed by atoms with Crippen LogP contribution in [0.1, 0.15) is 11.1 Å². The number of benzene rings is 1. The lowest BCUT2D eigenvalue weighted by molar-refractivity contribution is -0.131. The lowest BCUT2D eigenvalue weighted by Gasteiger charge is -2.12. The zero-order chi connectivity index (χ0) is 12.8. The Morgan fingerprint density at radius 2 is 2.12 bits per heavy atom. The molecular formula is C13H16O4. The molecule has 0 amide bonds. The van der Waals surface area contributed by atoms with Gasteiger partial charge in [-0.15, -0.1) is 0 Å². The summed E-state index contributed by atoms with van der Waals surface area (Å²) in [6.07, 6.45) is 1.14. The van der Waals surface area contributed by atoms with Crippen LogP contribution in [0.5, 0.6) is 5.75 Å². The fourth-order valence-corrected chi connectivity index (χ4v) is 1.57. The number of hydrogen-bond acceptors (Lipinski definition) is 3. The first-order valence-electron chi connectivity index (χ1n) is 5.16. The summed E-state index contributed by atoms with van der Waals surface area (Å²) < 4.78 is 10.2. The van der Waals surface area contributed by atoms with Gasteiger partial charge in [0.05, 0.1) is 13.7 Å². The van der Waals surface area contributed by atoms with E-state index in [9.17, 15) is 4.79 Å². The van der Waals surface area contributed by atoms with E-state index in [0.717, 1.165) is 17.2 Å². The maximum Gasteiger partial charge on any atom is 0.328 e. The summed E-state index contributed by atoms with van der Waals surface area (Å²) in [6, 6.07) is 5.61. The van der Waals surface area contributed by atoms with Crippen molar-refractivity contribution in [3.8, 4) is 5.75 Å². The zero-order valence-corrected chi connectivity index (χ0v) is 10.2. The van der Waals surface area contributed by atoms with Crippen molar-refractivity contribution in [1.29, 1.82) is 0 Å². The van der Waals surface area contributed by atoms with Crippen molar-refractivity contribution in [3.63, 3.8) is 0 Å². The van der Waals surface area contributed by atoms with Crippen molar-refractivity contribution in [3.05, 3.63) is 35.4 Å². The fourth-order valence-electron chi connectivity index (χ4n) is 1.57. The first-order chi connectivity index (χ1) is 8.08. The minimum Gasteiger partial charge on any atom is -0.496 e. The van der Waals surface area contributed by atoms with Crippen LogP contribution >= 0.6 is 0 Å². The number of carboxylic acid groups (broad SMARTS) is 1. The Bertz CT molecular complexity index is 435. The highest BCUT2D eigenvalue weighted by molar-refractivity contribution is 5.91. The third-order valence-corrected chi connectivity index (χ3v) is 2.30. The molecule has 0 radical (unpaired) electrons. The van der Waals surface area contributed by atoms with Crippen LogP contribution in [0.25, 0.3) is 5.57 Å². The molecule has 0 atom stereocenters. The van der Waals surface area contributed by atoms with E-state index < -0.39 is 5.97 Å². The highest BCUT2D eigenvalue weighted by Crippen LogP contribution is 2.27. The van der Waals surface area contributed by atoms with E-state index in [1.807, 2.05) is 25.1 Å². The van der Waals surface area contributed by atoms with E-state index in [2.05, 4.69) is 0 Å². The number of carbonyl (C=O) groups is 1. The van der Waals surface area contributed by atoms with Gasteiger partial charge in [-0.1, -0.05) is 11.6 Å². The predicted molar refractivity (Wildman–Crippen MR) is 65.2 cm³/mol. The van der Waals surface area contributed by atoms with Crippen LogP contribution in [-0.2, 0) is 9.53 Å². The van der Waals surface area contributed by atoms with Gasteiger partial charge >= 0.3 is 5.97 Å². The van der Waals surface area contributed by atoms with Crippen molar-refractivity contribution < 1.29 is 19.4 Å². The molecule has 1 aromatic carbocycles. The first kappa shape index (κ1) is 13.3. The number of aliphatic carboxylic acids is 1. The molecule has 0 aliphatic rings. The maximum absolute atomic E-state index is 10.8. The van der Waals surface area contributed by atoms with Crippen molar-refractivity contribution >= 4 is 11.5 Å². The molecule has 0 heterocycles. The van der Waals surface area contributed by atoms with Gasteiger partial charge in [-0.2, -0.15) is 0 Å². The van der Waals surface area contributed by atoms with Gasteiger partial charge in [0.25, 0.3) is 0 Å². The van der Waals surface area contributed by atoms with Crippen molar-refractivity contribution in [2.75, 3.05) is 20.8 Å². The lowest BCUT2D eigenvalue weighted by Crippen LogP contribution is -2.01. The summed E-state index contributed by atoms with van der Waals surface area (Å²) in [7, 11) is 3.08. The van der Waals surface area contributed by atoms with Crippen LogP contribution in [0.3, 0.4) is 0 Å². The van der Waals surface area contributed by atoms with Crippen LogP contribution in [0.4, 0.5) is 0 Å². The van der Waals surface area contributed by atoms with Crippen molar-refractivity contribution in [2.45, 2.75) is 6.92 Å². The van der Waals surface area contributed by atoms with Crippen LogP contribution in [0, 0.1) is 6.92 Å². The molecule has 0 aliphatic carbocycles. The Morgan fingerprint density at radius 1 is 1.41 bits per heavy atom. The summed E-state index contributed by atoms with van der Waals surface area (Å²) in [5, 5.41) is 8.83. The molecule has 1 N–H and O–H groups in total. The van der Waals surface area contributed by atoms with Gasteiger partial charge in [0.15, 0.2) is 0 Å². The highest BCUT2D eigenvalue weighted by atomic mass is 16.5. The monoisotopic (exact) mass is 236 g/mol. The van der Waals surface area contributed by atoms with E-state index in [4.69, 9.17) is 14.6 Å². The molecular weight excluding hydrogens is 220 g/mol. The summed E-state index contributed by atoms with van der Waals surface area (Å²) in [5.41, 5.74) is 2.37. The Morgan fingerprint density at radius 3 is 2.65 bits per heavy atom. The smallest absolute Gasteiger partial charge is 0.328 e. The van der Waals surface area contributed by atoms with Crippen molar-refractivity contribution in [1.82, 2.24) is 0 Å². The number of methoxy groups -OCH3 is 2. The predicted octanol–water partition coefficient (Wildman–Crippen LogP) is 2.12. The second-order valence-corrected chi connectivity index (χ2v) is 3.64. The van der Waals surface area contributed by atoms with Gasteiger partial charge in [-0.05, 0) is 24.6 Å². The number of rotatable bonds is 5. The van der Waals surface area contributed by atoms with Gasteiger partial charge in [-0.25, -0.2) is 4.79 Å². The topological polar surface area (TPSA) is 55.8 Å². The number of ether oxygens (including phenoxy) is 2. The number of carboxylic acids is 1. The molecule has 0 unspecified atom stereocenters. The number of aryl methyl sites for hydroxylation is 1. The third kappa shape index (κ3) is 3.60. The molecule has 0 aromatic heterocycles. The minimum absolute atomic E-state index is 0.228. The average Bonchev–Trinajstić information content (AvgIpc) is 2.28. The van der Waals surface area contributed by atoms with E-state index in [0.29, 0.717) is 11.3 Å². The molecule has 4 heteroatoms. The summed E-state index contributed by atoms with van der Waals surface area (Å²) in [6.45, 7) is 2.17. The van der Waals surface area contributed by atoms with Crippen LogP contribution < -0.4 is 4.74 Å². The molecule has 4 nitrogen and oxygen atoms in total. The van der Waals surface area contributed by atoms with E-state index in [1.165, 1.54) is 7.11 Å². The molecule has 0 aliphatic heterocycles. The molecule has 92 valence electrons. The molecule has 0 fully saturated rings. The second kappa shape index (κ2) is 6.06. The first-order valence-corrected chi connectivity index (χ1v) is 5.16. The SMILES string of the molecule is COC/C(=C\C(=O)O)c1cc(C)ccc1OC. The Hall–Kier alpha value is -1.81. The zero-order valence-electron chi connectivity index (χ0n) is 10.2. The van der Waals surface area contributed by atoms with E-state index in [1.54, 1.807) is 7.11 Å². The largest absolute Gasteiger partial charge is 0.496 e. The normalized spacial score (nSPS) is 11.4. The standard InChI is InChI=1S/C13H16O4/c1-9-4-5-12(17-3)11(6-9)10(8-16-2)7-13(14)15/h4-7H,8H2,1-3H3,(H,14,15)/b10-7+. The van der Waals surface area contributed by atoms with Gasteiger partial charge in [0, 0.05) is 18.7 Å².